The lowest BCUT2D eigenvalue weighted by atomic mass is 9.73. The van der Waals surface area contributed by atoms with Gasteiger partial charge in [-0.25, -0.2) is 0 Å². The summed E-state index contributed by atoms with van der Waals surface area (Å²) in [5.41, 5.74) is 0.650. The Morgan fingerprint density at radius 1 is 0.840 bits per heavy atom. The molecule has 0 bridgehead atoms. The van der Waals surface area contributed by atoms with Crippen LogP contribution in [0.1, 0.15) is 22.6 Å². The average Bonchev–Trinajstić information content (AvgIpc) is 2.70. The molecule has 3 heteroatoms. The summed E-state index contributed by atoms with van der Waals surface area (Å²) in [4.78, 5) is 0. The fraction of sp³-hybridized carbons (Fsp3) is 0.136. The van der Waals surface area contributed by atoms with Crippen molar-refractivity contribution in [1.29, 1.82) is 5.26 Å². The monoisotopic (exact) mass is 329 g/mol. The lowest BCUT2D eigenvalue weighted by Crippen LogP contribution is -2.34. The Morgan fingerprint density at radius 3 is 1.72 bits per heavy atom. The van der Waals surface area contributed by atoms with Gasteiger partial charge in [-0.1, -0.05) is 72.8 Å². The summed E-state index contributed by atoms with van der Waals surface area (Å²) in [6.45, 7) is 0. The molecule has 1 N–H and O–H groups in total. The number of hydrogen-bond donors (Lipinski definition) is 1. The van der Waals surface area contributed by atoms with Gasteiger partial charge in [-0.05, 0) is 28.8 Å². The largest absolute Gasteiger partial charge is 0.497 e. The number of aliphatic hydroxyl groups is 1. The van der Waals surface area contributed by atoms with E-state index in [0.29, 0.717) is 16.9 Å². The topological polar surface area (TPSA) is 53.2 Å². The summed E-state index contributed by atoms with van der Waals surface area (Å²) >= 11 is 0. The molecule has 0 aliphatic rings. The molecule has 0 fully saturated rings. The molecule has 0 radical (unpaired) electrons. The molecule has 3 nitrogen and oxygen atoms in total. The Labute approximate surface area is 147 Å². The van der Waals surface area contributed by atoms with Crippen LogP contribution in [0.5, 0.6) is 5.75 Å². The predicted octanol–water partition coefficient (Wildman–Crippen LogP) is 4.24. The van der Waals surface area contributed by atoms with Gasteiger partial charge in [0.2, 0.25) is 0 Å². The highest BCUT2D eigenvalue weighted by atomic mass is 16.5. The summed E-state index contributed by atoms with van der Waals surface area (Å²) in [5.74, 6) is -0.0494. The minimum Gasteiger partial charge on any atom is -0.497 e. The van der Waals surface area contributed by atoms with Gasteiger partial charge in [-0.2, -0.15) is 5.26 Å². The minimum absolute atomic E-state index is 0.684. The second-order valence-corrected chi connectivity index (χ2v) is 5.83. The number of nitriles is 1. The van der Waals surface area contributed by atoms with Gasteiger partial charge < -0.3 is 9.84 Å². The summed E-state index contributed by atoms with van der Waals surface area (Å²) in [7, 11) is 1.60. The Hall–Kier alpha value is -3.09. The third-order valence-corrected chi connectivity index (χ3v) is 4.42. The molecule has 0 aromatic heterocycles. The van der Waals surface area contributed by atoms with Crippen molar-refractivity contribution in [2.75, 3.05) is 7.11 Å². The summed E-state index contributed by atoms with van der Waals surface area (Å²) in [5, 5.41) is 21.7. The van der Waals surface area contributed by atoms with Crippen molar-refractivity contribution in [3.63, 3.8) is 0 Å². The average molecular weight is 329 g/mol. The van der Waals surface area contributed by atoms with Gasteiger partial charge in [0.15, 0.2) is 0 Å². The molecular weight excluding hydrogens is 310 g/mol. The van der Waals surface area contributed by atoms with Gasteiger partial charge >= 0.3 is 0 Å². The van der Waals surface area contributed by atoms with Crippen LogP contribution in [0.25, 0.3) is 0 Å². The van der Waals surface area contributed by atoms with Gasteiger partial charge in [0.05, 0.1) is 13.2 Å². The zero-order chi connectivity index (χ0) is 17.7. The van der Waals surface area contributed by atoms with E-state index in [2.05, 4.69) is 6.07 Å². The summed E-state index contributed by atoms with van der Waals surface area (Å²) in [6, 6.07) is 28.2. The summed E-state index contributed by atoms with van der Waals surface area (Å²) in [6.07, 6.45) is 0. The number of methoxy groups -OCH3 is 1. The van der Waals surface area contributed by atoms with Crippen molar-refractivity contribution >= 4 is 0 Å². The first kappa shape index (κ1) is 16.8. The van der Waals surface area contributed by atoms with E-state index in [1.165, 1.54) is 0 Å². The van der Waals surface area contributed by atoms with Crippen molar-refractivity contribution < 1.29 is 9.84 Å². The maximum absolute atomic E-state index is 11.7. The highest BCUT2D eigenvalue weighted by Crippen LogP contribution is 2.42. The Bertz CT molecular complexity index is 813. The number of benzene rings is 3. The van der Waals surface area contributed by atoms with E-state index in [1.54, 1.807) is 19.2 Å². The molecule has 3 rings (SSSR count). The third-order valence-electron chi connectivity index (χ3n) is 4.42. The first-order chi connectivity index (χ1) is 12.2. The number of rotatable bonds is 5. The van der Waals surface area contributed by atoms with Gasteiger partial charge in [0.1, 0.15) is 17.3 Å². The number of ether oxygens (including phenoxy) is 1. The zero-order valence-corrected chi connectivity index (χ0v) is 14.0. The Kier molecular flexibility index (Phi) is 4.83. The van der Waals surface area contributed by atoms with Gasteiger partial charge in [0.25, 0.3) is 0 Å². The molecule has 0 saturated carbocycles. The van der Waals surface area contributed by atoms with E-state index >= 15 is 0 Å². The first-order valence-electron chi connectivity index (χ1n) is 8.07. The van der Waals surface area contributed by atoms with E-state index in [0.717, 1.165) is 5.56 Å². The van der Waals surface area contributed by atoms with Crippen LogP contribution in [-0.4, -0.2) is 12.2 Å². The van der Waals surface area contributed by atoms with E-state index in [1.807, 2.05) is 72.8 Å². The van der Waals surface area contributed by atoms with Crippen LogP contribution in [0.15, 0.2) is 84.9 Å². The number of nitrogens with zero attached hydrogens (tertiary/aromatic N) is 1. The molecule has 124 valence electrons. The normalized spacial score (nSPS) is 12.2. The molecule has 1 unspecified atom stereocenters. The molecule has 0 saturated heterocycles. The molecule has 3 aromatic rings. The lowest BCUT2D eigenvalue weighted by molar-refractivity contribution is 0.0672. The Morgan fingerprint density at radius 2 is 1.32 bits per heavy atom. The smallest absolute Gasteiger partial charge is 0.134 e. The van der Waals surface area contributed by atoms with Crippen LogP contribution in [0.3, 0.4) is 0 Å². The molecule has 1 atom stereocenters. The van der Waals surface area contributed by atoms with Gasteiger partial charge in [-0.3, -0.25) is 0 Å². The maximum atomic E-state index is 11.7. The van der Waals surface area contributed by atoms with Crippen molar-refractivity contribution in [2.24, 2.45) is 0 Å². The predicted molar refractivity (Wildman–Crippen MR) is 97.2 cm³/mol. The van der Waals surface area contributed by atoms with E-state index in [9.17, 15) is 10.4 Å². The molecule has 0 heterocycles. The molecule has 0 aliphatic heterocycles. The van der Waals surface area contributed by atoms with Crippen LogP contribution in [0, 0.1) is 11.3 Å². The molecule has 0 spiro atoms. The fourth-order valence-corrected chi connectivity index (χ4v) is 3.09. The van der Waals surface area contributed by atoms with Crippen molar-refractivity contribution in [1.82, 2.24) is 0 Å². The van der Waals surface area contributed by atoms with Crippen LogP contribution >= 0.6 is 0 Å². The standard InChI is InChI=1S/C22H19NO2/c1-25-20-14-12-17(13-15-20)21(16-23)22(24,18-8-4-2-5-9-18)19-10-6-3-7-11-19/h2-15,21,24H,1H3. The van der Waals surface area contributed by atoms with E-state index in [4.69, 9.17) is 4.74 Å². The summed E-state index contributed by atoms with van der Waals surface area (Å²) < 4.78 is 5.19. The lowest BCUT2D eigenvalue weighted by Gasteiger charge is -2.34. The van der Waals surface area contributed by atoms with Crippen LogP contribution < -0.4 is 4.74 Å². The van der Waals surface area contributed by atoms with Crippen LogP contribution in [-0.2, 0) is 5.60 Å². The van der Waals surface area contributed by atoms with Crippen molar-refractivity contribution in [2.45, 2.75) is 11.5 Å². The van der Waals surface area contributed by atoms with Crippen LogP contribution in [0.2, 0.25) is 0 Å². The fourth-order valence-electron chi connectivity index (χ4n) is 3.09. The quantitative estimate of drug-likeness (QED) is 0.762. The minimum atomic E-state index is -1.45. The highest BCUT2D eigenvalue weighted by molar-refractivity contribution is 5.45. The number of hydrogen-bond acceptors (Lipinski definition) is 3. The third kappa shape index (κ3) is 3.13. The highest BCUT2D eigenvalue weighted by Gasteiger charge is 2.41. The first-order valence-corrected chi connectivity index (χ1v) is 8.07. The van der Waals surface area contributed by atoms with E-state index < -0.39 is 11.5 Å². The molecule has 0 amide bonds. The maximum Gasteiger partial charge on any atom is 0.134 e. The van der Waals surface area contributed by atoms with E-state index in [-0.39, 0.29) is 0 Å². The SMILES string of the molecule is COc1ccc(C(C#N)C(O)(c2ccccc2)c2ccccc2)cc1. The molecule has 25 heavy (non-hydrogen) atoms. The molecular formula is C22H19NO2. The molecule has 0 aliphatic carbocycles. The van der Waals surface area contributed by atoms with Crippen LogP contribution in [0.4, 0.5) is 0 Å². The van der Waals surface area contributed by atoms with Gasteiger partial charge in [-0.15, -0.1) is 0 Å². The second-order valence-electron chi connectivity index (χ2n) is 5.83. The van der Waals surface area contributed by atoms with Crippen molar-refractivity contribution in [3.8, 4) is 11.8 Å². The zero-order valence-electron chi connectivity index (χ0n) is 14.0. The Balaban J connectivity index is 2.17. The molecule has 3 aromatic carbocycles. The van der Waals surface area contributed by atoms with Crippen molar-refractivity contribution in [3.05, 3.63) is 102 Å². The van der Waals surface area contributed by atoms with Gasteiger partial charge in [0, 0.05) is 0 Å². The second kappa shape index (κ2) is 7.21.